The predicted molar refractivity (Wildman–Crippen MR) is 92.2 cm³/mol. The van der Waals surface area contributed by atoms with Gasteiger partial charge in [-0.3, -0.25) is 4.79 Å². The summed E-state index contributed by atoms with van der Waals surface area (Å²) in [6, 6.07) is 5.22. The molecule has 1 aromatic carbocycles. The van der Waals surface area contributed by atoms with Crippen LogP contribution in [0.4, 0.5) is 0 Å². The maximum absolute atomic E-state index is 12.7. The zero-order valence-corrected chi connectivity index (χ0v) is 15.1. The lowest BCUT2D eigenvalue weighted by atomic mass is 10.1. The molecule has 1 heterocycles. The zero-order valence-electron chi connectivity index (χ0n) is 14.3. The number of ether oxygens (including phenoxy) is 2. The van der Waals surface area contributed by atoms with E-state index in [9.17, 15) is 4.79 Å². The Labute approximate surface area is 145 Å². The lowest BCUT2D eigenvalue weighted by molar-refractivity contribution is 0.0993. The van der Waals surface area contributed by atoms with E-state index in [1.807, 2.05) is 18.5 Å². The molecule has 0 bridgehead atoms. The number of nitrogens with zero attached hydrogens (tertiary/aromatic N) is 3. The van der Waals surface area contributed by atoms with Crippen LogP contribution in [0.1, 0.15) is 41.9 Å². The number of benzene rings is 1. The van der Waals surface area contributed by atoms with E-state index in [2.05, 4.69) is 10.2 Å². The number of Topliss-reactive ketones (excluding diaryl/α,β-unsaturated/α-hetero) is 1. The minimum atomic E-state index is -0.266. The van der Waals surface area contributed by atoms with Crippen molar-refractivity contribution in [3.05, 3.63) is 29.6 Å². The lowest BCUT2D eigenvalue weighted by Gasteiger charge is -2.12. The van der Waals surface area contributed by atoms with Crippen LogP contribution in [0.2, 0.25) is 0 Å². The molecule has 24 heavy (non-hydrogen) atoms. The summed E-state index contributed by atoms with van der Waals surface area (Å²) in [5.41, 5.74) is 0.595. The summed E-state index contributed by atoms with van der Waals surface area (Å²) in [6.07, 6.45) is 2.35. The standard InChI is InChI=1S/C17H21N3O3S/c1-10(24-17-19-18-16(20(17)2)11-5-6-11)15(21)12-7-8-13(22-3)14(9-12)23-4/h7-11H,5-6H2,1-4H3/t10-/m0/s1. The third-order valence-electron chi connectivity index (χ3n) is 4.13. The van der Waals surface area contributed by atoms with Crippen LogP contribution in [0.25, 0.3) is 0 Å². The zero-order chi connectivity index (χ0) is 17.3. The number of hydrogen-bond donors (Lipinski definition) is 0. The van der Waals surface area contributed by atoms with Crippen LogP contribution < -0.4 is 9.47 Å². The van der Waals surface area contributed by atoms with Gasteiger partial charge in [0, 0.05) is 18.5 Å². The second-order valence-corrected chi connectivity index (χ2v) is 7.18. The first kappa shape index (κ1) is 16.8. The molecule has 0 saturated heterocycles. The van der Waals surface area contributed by atoms with Gasteiger partial charge >= 0.3 is 0 Å². The molecule has 1 aliphatic rings. The summed E-state index contributed by atoms with van der Waals surface area (Å²) >= 11 is 1.43. The molecule has 3 rings (SSSR count). The van der Waals surface area contributed by atoms with Gasteiger partial charge in [0.1, 0.15) is 5.82 Å². The fourth-order valence-electron chi connectivity index (χ4n) is 2.56. The second kappa shape index (κ2) is 6.84. The summed E-state index contributed by atoms with van der Waals surface area (Å²) in [6.45, 7) is 1.88. The van der Waals surface area contributed by atoms with E-state index in [1.54, 1.807) is 32.4 Å². The van der Waals surface area contributed by atoms with Crippen molar-refractivity contribution in [2.75, 3.05) is 14.2 Å². The molecule has 0 radical (unpaired) electrons. The molecule has 0 spiro atoms. The van der Waals surface area contributed by atoms with Crippen molar-refractivity contribution in [3.8, 4) is 11.5 Å². The number of thioether (sulfide) groups is 1. The number of ketones is 1. The van der Waals surface area contributed by atoms with E-state index in [4.69, 9.17) is 9.47 Å². The van der Waals surface area contributed by atoms with E-state index in [0.717, 1.165) is 11.0 Å². The van der Waals surface area contributed by atoms with Gasteiger partial charge in [-0.25, -0.2) is 0 Å². The smallest absolute Gasteiger partial charge is 0.191 e. The molecule has 0 unspecified atom stereocenters. The summed E-state index contributed by atoms with van der Waals surface area (Å²) in [5.74, 6) is 2.74. The molecule has 7 heteroatoms. The van der Waals surface area contributed by atoms with E-state index >= 15 is 0 Å². The first-order valence-electron chi connectivity index (χ1n) is 7.87. The predicted octanol–water partition coefficient (Wildman–Crippen LogP) is 3.07. The fourth-order valence-corrected chi connectivity index (χ4v) is 3.46. The van der Waals surface area contributed by atoms with Crippen LogP contribution in [-0.2, 0) is 7.05 Å². The Hall–Kier alpha value is -2.02. The van der Waals surface area contributed by atoms with Gasteiger partial charge in [0.15, 0.2) is 22.4 Å². The number of hydrogen-bond acceptors (Lipinski definition) is 6. The molecule has 0 amide bonds. The summed E-state index contributed by atoms with van der Waals surface area (Å²) in [5, 5.41) is 9.00. The lowest BCUT2D eigenvalue weighted by Crippen LogP contribution is -2.14. The summed E-state index contributed by atoms with van der Waals surface area (Å²) < 4.78 is 12.5. The molecular weight excluding hydrogens is 326 g/mol. The topological polar surface area (TPSA) is 66.2 Å². The number of carbonyl (C=O) groups excluding carboxylic acids is 1. The highest BCUT2D eigenvalue weighted by Crippen LogP contribution is 2.40. The monoisotopic (exact) mass is 347 g/mol. The highest BCUT2D eigenvalue weighted by atomic mass is 32.2. The minimum Gasteiger partial charge on any atom is -0.493 e. The number of methoxy groups -OCH3 is 2. The Balaban J connectivity index is 1.75. The third kappa shape index (κ3) is 3.26. The van der Waals surface area contributed by atoms with Crippen LogP contribution in [0.15, 0.2) is 23.4 Å². The summed E-state index contributed by atoms with van der Waals surface area (Å²) in [7, 11) is 5.09. The van der Waals surface area contributed by atoms with Crippen LogP contribution in [0.3, 0.4) is 0 Å². The van der Waals surface area contributed by atoms with Crippen LogP contribution >= 0.6 is 11.8 Å². The Morgan fingerprint density at radius 1 is 1.25 bits per heavy atom. The van der Waals surface area contributed by atoms with Gasteiger partial charge in [0.05, 0.1) is 19.5 Å². The first-order chi connectivity index (χ1) is 11.5. The molecule has 6 nitrogen and oxygen atoms in total. The molecule has 1 aromatic heterocycles. The highest BCUT2D eigenvalue weighted by molar-refractivity contribution is 8.00. The minimum absolute atomic E-state index is 0.0249. The fraction of sp³-hybridized carbons (Fsp3) is 0.471. The molecule has 2 aromatic rings. The van der Waals surface area contributed by atoms with E-state index < -0.39 is 0 Å². The molecule has 128 valence electrons. The molecule has 1 saturated carbocycles. The molecule has 1 aliphatic carbocycles. The average Bonchev–Trinajstić information content (AvgIpc) is 3.38. The van der Waals surface area contributed by atoms with Crippen molar-refractivity contribution in [3.63, 3.8) is 0 Å². The number of aromatic nitrogens is 3. The van der Waals surface area contributed by atoms with Gasteiger partial charge < -0.3 is 14.0 Å². The summed E-state index contributed by atoms with van der Waals surface area (Å²) in [4.78, 5) is 12.7. The molecular formula is C17H21N3O3S. The molecule has 0 aliphatic heterocycles. The van der Waals surface area contributed by atoms with Crippen LogP contribution in [0, 0.1) is 0 Å². The van der Waals surface area contributed by atoms with Crippen molar-refractivity contribution < 1.29 is 14.3 Å². The Kier molecular flexibility index (Phi) is 4.80. The number of carbonyl (C=O) groups is 1. The number of rotatable bonds is 7. The van der Waals surface area contributed by atoms with E-state index in [-0.39, 0.29) is 11.0 Å². The van der Waals surface area contributed by atoms with Crippen LogP contribution in [-0.4, -0.2) is 40.0 Å². The van der Waals surface area contributed by atoms with Crippen molar-refractivity contribution in [1.82, 2.24) is 14.8 Å². The van der Waals surface area contributed by atoms with Gasteiger partial charge in [-0.2, -0.15) is 0 Å². The quantitative estimate of drug-likeness (QED) is 0.566. The maximum atomic E-state index is 12.7. The SMILES string of the molecule is COc1ccc(C(=O)[C@H](C)Sc2nnc(C3CC3)n2C)cc1OC. The van der Waals surface area contributed by atoms with Crippen molar-refractivity contribution >= 4 is 17.5 Å². The van der Waals surface area contributed by atoms with Gasteiger partial charge in [-0.1, -0.05) is 11.8 Å². The first-order valence-corrected chi connectivity index (χ1v) is 8.75. The van der Waals surface area contributed by atoms with E-state index in [1.165, 1.54) is 24.6 Å². The Morgan fingerprint density at radius 3 is 2.58 bits per heavy atom. The Bertz CT molecular complexity index is 756. The van der Waals surface area contributed by atoms with Gasteiger partial charge in [0.25, 0.3) is 0 Å². The normalized spacial score (nSPS) is 15.2. The third-order valence-corrected chi connectivity index (χ3v) is 5.26. The molecule has 1 atom stereocenters. The average molecular weight is 347 g/mol. The molecule has 0 N–H and O–H groups in total. The Morgan fingerprint density at radius 2 is 1.96 bits per heavy atom. The largest absolute Gasteiger partial charge is 0.493 e. The van der Waals surface area contributed by atoms with Crippen molar-refractivity contribution in [2.24, 2.45) is 7.05 Å². The maximum Gasteiger partial charge on any atom is 0.191 e. The van der Waals surface area contributed by atoms with Crippen molar-refractivity contribution in [2.45, 2.75) is 36.1 Å². The second-order valence-electron chi connectivity index (χ2n) is 5.87. The van der Waals surface area contributed by atoms with Gasteiger partial charge in [-0.15, -0.1) is 10.2 Å². The highest BCUT2D eigenvalue weighted by Gasteiger charge is 2.30. The van der Waals surface area contributed by atoms with Crippen LogP contribution in [0.5, 0.6) is 11.5 Å². The van der Waals surface area contributed by atoms with E-state index in [0.29, 0.717) is 23.0 Å². The van der Waals surface area contributed by atoms with Gasteiger partial charge in [-0.05, 0) is 38.0 Å². The van der Waals surface area contributed by atoms with Crippen molar-refractivity contribution in [1.29, 1.82) is 0 Å². The molecule has 1 fully saturated rings. The van der Waals surface area contributed by atoms with Gasteiger partial charge in [0.2, 0.25) is 0 Å².